The van der Waals surface area contributed by atoms with Gasteiger partial charge in [-0.1, -0.05) is 70.2 Å². The van der Waals surface area contributed by atoms with Gasteiger partial charge in [0.1, 0.15) is 5.37 Å². The molecular weight excluding hydrogens is 406 g/mol. The molecule has 1 heterocycles. The first-order valence-electron chi connectivity index (χ1n) is 7.13. The second-order valence-corrected chi connectivity index (χ2v) is 7.57. The Morgan fingerprint density at radius 1 is 1.21 bits per heavy atom. The molecule has 0 spiro atoms. The average molecular weight is 420 g/mol. The van der Waals surface area contributed by atoms with Gasteiger partial charge in [-0.2, -0.15) is 0 Å². The lowest BCUT2D eigenvalue weighted by molar-refractivity contribution is -0.127. The molecule has 1 atom stereocenters. The Labute approximate surface area is 158 Å². The van der Waals surface area contributed by atoms with Crippen LogP contribution in [0, 0.1) is 0 Å². The van der Waals surface area contributed by atoms with Crippen LogP contribution in [-0.4, -0.2) is 16.0 Å². The zero-order valence-electron chi connectivity index (χ0n) is 12.5. The van der Waals surface area contributed by atoms with E-state index in [9.17, 15) is 4.79 Å². The second-order valence-electron chi connectivity index (χ2n) is 5.09. The van der Waals surface area contributed by atoms with E-state index in [2.05, 4.69) is 21.4 Å². The summed E-state index contributed by atoms with van der Waals surface area (Å²) in [5, 5.41) is 1.32. The summed E-state index contributed by atoms with van der Waals surface area (Å²) in [5.41, 5.74) is 10.3. The summed E-state index contributed by atoms with van der Waals surface area (Å²) in [5.74, 6) is -0.149. The van der Waals surface area contributed by atoms with Gasteiger partial charge in [-0.3, -0.25) is 10.2 Å². The van der Waals surface area contributed by atoms with Crippen LogP contribution in [0.15, 0.2) is 64.0 Å². The molecule has 4 nitrogen and oxygen atoms in total. The lowest BCUT2D eigenvalue weighted by Gasteiger charge is -2.23. The molecule has 1 fully saturated rings. The molecule has 3 N–H and O–H groups in total. The van der Waals surface area contributed by atoms with Crippen molar-refractivity contribution in [1.82, 2.24) is 10.4 Å². The standard InChI is InChI=1S/C17H14BrN3OS2/c18-13-8-6-11(7-9-13)10-14-15(22)21(20-17(19)23)16(24-14)12-4-2-1-3-5-12/h1-10,16H,(H3,19,20,23). The summed E-state index contributed by atoms with van der Waals surface area (Å²) >= 11 is 9.79. The van der Waals surface area contributed by atoms with Gasteiger partial charge in [0.15, 0.2) is 5.11 Å². The molecule has 1 aliphatic rings. The van der Waals surface area contributed by atoms with Crippen molar-refractivity contribution < 1.29 is 4.79 Å². The number of halogens is 1. The van der Waals surface area contributed by atoms with Crippen molar-refractivity contribution >= 4 is 57.0 Å². The molecule has 122 valence electrons. The van der Waals surface area contributed by atoms with Crippen LogP contribution in [0.4, 0.5) is 0 Å². The van der Waals surface area contributed by atoms with Crippen molar-refractivity contribution in [3.05, 3.63) is 75.1 Å². The molecule has 1 aliphatic heterocycles. The Bertz CT molecular complexity index is 793. The number of nitrogens with zero attached hydrogens (tertiary/aromatic N) is 1. The summed E-state index contributed by atoms with van der Waals surface area (Å²) in [7, 11) is 0. The Hall–Kier alpha value is -1.83. The number of hydrazine groups is 1. The Morgan fingerprint density at radius 3 is 2.50 bits per heavy atom. The summed E-state index contributed by atoms with van der Waals surface area (Å²) in [6, 6.07) is 17.6. The highest BCUT2D eigenvalue weighted by Crippen LogP contribution is 2.45. The first-order valence-corrected chi connectivity index (χ1v) is 9.21. The highest BCUT2D eigenvalue weighted by atomic mass is 79.9. The van der Waals surface area contributed by atoms with Gasteiger partial charge in [0, 0.05) is 4.47 Å². The molecule has 0 saturated carbocycles. The molecule has 0 aromatic heterocycles. The van der Waals surface area contributed by atoms with E-state index >= 15 is 0 Å². The number of benzene rings is 2. The van der Waals surface area contributed by atoms with Gasteiger partial charge < -0.3 is 5.73 Å². The third kappa shape index (κ3) is 3.80. The van der Waals surface area contributed by atoms with E-state index in [4.69, 9.17) is 18.0 Å². The summed E-state index contributed by atoms with van der Waals surface area (Å²) in [4.78, 5) is 13.4. The smallest absolute Gasteiger partial charge is 0.280 e. The molecule has 24 heavy (non-hydrogen) atoms. The van der Waals surface area contributed by atoms with Crippen LogP contribution in [0.2, 0.25) is 0 Å². The largest absolute Gasteiger partial charge is 0.375 e. The van der Waals surface area contributed by atoms with Crippen molar-refractivity contribution in [2.45, 2.75) is 5.37 Å². The van der Waals surface area contributed by atoms with Crippen molar-refractivity contribution in [2.75, 3.05) is 0 Å². The SMILES string of the molecule is NC(=S)NN1C(=O)C(=Cc2ccc(Br)cc2)SC1c1ccccc1. The average Bonchev–Trinajstić information content (AvgIpc) is 2.87. The first-order chi connectivity index (χ1) is 11.5. The van der Waals surface area contributed by atoms with E-state index in [-0.39, 0.29) is 16.4 Å². The number of nitrogens with two attached hydrogens (primary N) is 1. The second kappa shape index (κ2) is 7.38. The predicted octanol–water partition coefficient (Wildman–Crippen LogP) is 3.81. The van der Waals surface area contributed by atoms with Gasteiger partial charge in [0.25, 0.3) is 5.91 Å². The minimum absolute atomic E-state index is 0.0646. The van der Waals surface area contributed by atoms with Gasteiger partial charge in [0.2, 0.25) is 0 Å². The molecular formula is C17H14BrN3OS2. The fourth-order valence-corrected chi connectivity index (χ4v) is 3.87. The van der Waals surface area contributed by atoms with Crippen LogP contribution < -0.4 is 11.2 Å². The number of carbonyl (C=O) groups is 1. The fourth-order valence-electron chi connectivity index (χ4n) is 2.32. The van der Waals surface area contributed by atoms with Gasteiger partial charge in [0.05, 0.1) is 4.91 Å². The molecule has 2 aromatic rings. The van der Waals surface area contributed by atoms with Gasteiger partial charge >= 0.3 is 0 Å². The molecule has 1 saturated heterocycles. The number of rotatable bonds is 3. The van der Waals surface area contributed by atoms with Crippen LogP contribution in [0.1, 0.15) is 16.5 Å². The Morgan fingerprint density at radius 2 is 1.88 bits per heavy atom. The Kier molecular flexibility index (Phi) is 5.23. The predicted molar refractivity (Wildman–Crippen MR) is 106 cm³/mol. The summed E-state index contributed by atoms with van der Waals surface area (Å²) < 4.78 is 0.994. The lowest BCUT2D eigenvalue weighted by Crippen LogP contribution is -2.46. The van der Waals surface area contributed by atoms with Gasteiger partial charge in [-0.05, 0) is 41.6 Å². The maximum Gasteiger partial charge on any atom is 0.280 e. The van der Waals surface area contributed by atoms with E-state index in [1.165, 1.54) is 16.8 Å². The van der Waals surface area contributed by atoms with Crippen molar-refractivity contribution in [3.63, 3.8) is 0 Å². The number of thioether (sulfide) groups is 1. The minimum Gasteiger partial charge on any atom is -0.375 e. The highest BCUT2D eigenvalue weighted by molar-refractivity contribution is 9.10. The zero-order chi connectivity index (χ0) is 17.1. The number of hydrogen-bond donors (Lipinski definition) is 2. The van der Waals surface area contributed by atoms with E-state index in [0.717, 1.165) is 15.6 Å². The Balaban J connectivity index is 1.94. The molecule has 0 radical (unpaired) electrons. The van der Waals surface area contributed by atoms with Gasteiger partial charge in [-0.15, -0.1) is 0 Å². The van der Waals surface area contributed by atoms with Crippen molar-refractivity contribution in [2.24, 2.45) is 5.73 Å². The van der Waals surface area contributed by atoms with Crippen LogP contribution in [0.3, 0.4) is 0 Å². The molecule has 0 bridgehead atoms. The fraction of sp³-hybridized carbons (Fsp3) is 0.0588. The summed E-state index contributed by atoms with van der Waals surface area (Å²) in [6.07, 6.45) is 1.87. The van der Waals surface area contributed by atoms with Gasteiger partial charge in [-0.25, -0.2) is 5.01 Å². The third-order valence-corrected chi connectivity index (χ3v) is 5.26. The molecule has 7 heteroatoms. The number of hydrogen-bond acceptors (Lipinski definition) is 3. The molecule has 1 unspecified atom stereocenters. The number of thiocarbonyl (C=S) groups is 1. The molecule has 1 amide bonds. The maximum absolute atomic E-state index is 12.7. The number of nitrogens with one attached hydrogen (secondary N) is 1. The normalized spacial score (nSPS) is 18.9. The molecule has 0 aliphatic carbocycles. The maximum atomic E-state index is 12.7. The highest BCUT2D eigenvalue weighted by Gasteiger charge is 2.37. The topological polar surface area (TPSA) is 58.4 Å². The first kappa shape index (κ1) is 17.0. The molecule has 3 rings (SSSR count). The monoisotopic (exact) mass is 419 g/mol. The lowest BCUT2D eigenvalue weighted by atomic mass is 10.2. The van der Waals surface area contributed by atoms with Crippen LogP contribution in [0.5, 0.6) is 0 Å². The van der Waals surface area contributed by atoms with E-state index in [0.29, 0.717) is 4.91 Å². The van der Waals surface area contributed by atoms with Crippen molar-refractivity contribution in [1.29, 1.82) is 0 Å². The van der Waals surface area contributed by atoms with Crippen molar-refractivity contribution in [3.8, 4) is 0 Å². The van der Waals surface area contributed by atoms with Crippen LogP contribution in [0.25, 0.3) is 6.08 Å². The minimum atomic E-state index is -0.220. The van der Waals surface area contributed by atoms with E-state index in [1.54, 1.807) is 0 Å². The van der Waals surface area contributed by atoms with Crippen LogP contribution >= 0.6 is 39.9 Å². The van der Waals surface area contributed by atoms with E-state index < -0.39 is 0 Å². The van der Waals surface area contributed by atoms with E-state index in [1.807, 2.05) is 60.7 Å². The number of amides is 1. The molecule has 2 aromatic carbocycles. The third-order valence-electron chi connectivity index (χ3n) is 3.39. The zero-order valence-corrected chi connectivity index (χ0v) is 15.7. The quantitative estimate of drug-likeness (QED) is 0.584. The number of carbonyl (C=O) groups excluding carboxylic acids is 1. The summed E-state index contributed by atoms with van der Waals surface area (Å²) in [6.45, 7) is 0. The van der Waals surface area contributed by atoms with Crippen LogP contribution in [-0.2, 0) is 4.79 Å².